The average Bonchev–Trinajstić information content (AvgIpc) is 2.77. The van der Waals surface area contributed by atoms with Crippen LogP contribution in [-0.4, -0.2) is 20.9 Å². The smallest absolute Gasteiger partial charge is 0.263 e. The minimum absolute atomic E-state index is 0.0355. The molecule has 0 fully saturated rings. The predicted molar refractivity (Wildman–Crippen MR) is 89.8 cm³/mol. The molecule has 7 heteroatoms. The van der Waals surface area contributed by atoms with Crippen LogP contribution in [0.3, 0.4) is 0 Å². The first kappa shape index (κ1) is 15.2. The first-order chi connectivity index (χ1) is 10.3. The van der Waals surface area contributed by atoms with Gasteiger partial charge in [0.2, 0.25) is 5.95 Å². The number of hydrogen-bond acceptors (Lipinski definition) is 6. The zero-order chi connectivity index (χ0) is 16.1. The van der Waals surface area contributed by atoms with Crippen LogP contribution in [-0.2, 0) is 24.8 Å². The fraction of sp³-hybridized carbons (Fsp3) is 0.533. The van der Waals surface area contributed by atoms with E-state index in [2.05, 4.69) is 15.5 Å². The van der Waals surface area contributed by atoms with Crippen LogP contribution in [0, 0.1) is 0 Å². The highest BCUT2D eigenvalue weighted by molar-refractivity contribution is 7.18. The minimum atomic E-state index is -0.243. The number of nitrogens with zero attached hydrogens (tertiary/aromatic N) is 3. The van der Waals surface area contributed by atoms with Crippen molar-refractivity contribution in [2.45, 2.75) is 46.3 Å². The van der Waals surface area contributed by atoms with Crippen molar-refractivity contribution in [3.05, 3.63) is 20.8 Å². The lowest BCUT2D eigenvalue weighted by Crippen LogP contribution is -2.32. The third-order valence-corrected chi connectivity index (χ3v) is 4.79. The van der Waals surface area contributed by atoms with Gasteiger partial charge in [-0.05, 0) is 33.3 Å². The van der Waals surface area contributed by atoms with Crippen LogP contribution in [0.15, 0.2) is 9.90 Å². The summed E-state index contributed by atoms with van der Waals surface area (Å²) in [6.45, 7) is 8.40. The molecule has 22 heavy (non-hydrogen) atoms. The zero-order valence-corrected chi connectivity index (χ0v) is 14.3. The van der Waals surface area contributed by atoms with Gasteiger partial charge in [0, 0.05) is 24.1 Å². The summed E-state index contributed by atoms with van der Waals surface area (Å²) >= 11 is 1.53. The maximum atomic E-state index is 12.7. The largest absolute Gasteiger partial charge is 0.370 e. The van der Waals surface area contributed by atoms with Crippen molar-refractivity contribution in [2.24, 2.45) is 12.1 Å². The van der Waals surface area contributed by atoms with Crippen molar-refractivity contribution in [1.82, 2.24) is 9.55 Å². The Balaban J connectivity index is 2.18. The van der Waals surface area contributed by atoms with E-state index >= 15 is 0 Å². The number of hydrogen-bond donors (Lipinski definition) is 1. The van der Waals surface area contributed by atoms with Crippen LogP contribution >= 0.6 is 11.3 Å². The number of hydrazone groups is 1. The van der Waals surface area contributed by atoms with E-state index in [-0.39, 0.29) is 11.2 Å². The second-order valence-corrected chi connectivity index (χ2v) is 7.46. The summed E-state index contributed by atoms with van der Waals surface area (Å²) in [6, 6.07) is 0. The average molecular weight is 320 g/mol. The number of fused-ring (bicyclic) bond motifs is 3. The first-order valence-electron chi connectivity index (χ1n) is 7.20. The highest BCUT2D eigenvalue weighted by Gasteiger charge is 2.31. The number of ether oxygens (including phenoxy) is 1. The summed E-state index contributed by atoms with van der Waals surface area (Å²) in [5.74, 6) is 0.456. The molecule has 2 aromatic rings. The van der Waals surface area contributed by atoms with E-state index in [1.807, 2.05) is 27.7 Å². The van der Waals surface area contributed by atoms with E-state index in [4.69, 9.17) is 4.74 Å². The van der Waals surface area contributed by atoms with Crippen LogP contribution < -0.4 is 11.0 Å². The van der Waals surface area contributed by atoms with Crippen molar-refractivity contribution < 1.29 is 4.74 Å². The Morgan fingerprint density at radius 1 is 1.45 bits per heavy atom. The highest BCUT2D eigenvalue weighted by Crippen LogP contribution is 2.37. The fourth-order valence-electron chi connectivity index (χ4n) is 2.54. The number of thiophene rings is 1. The van der Waals surface area contributed by atoms with Gasteiger partial charge in [-0.3, -0.25) is 9.36 Å². The molecule has 0 atom stereocenters. The lowest BCUT2D eigenvalue weighted by molar-refractivity contribution is -0.0379. The summed E-state index contributed by atoms with van der Waals surface area (Å²) in [6.07, 6.45) is 0.734. The molecule has 0 saturated heterocycles. The molecule has 0 aromatic carbocycles. The van der Waals surface area contributed by atoms with E-state index in [0.717, 1.165) is 32.8 Å². The van der Waals surface area contributed by atoms with Gasteiger partial charge in [0.05, 0.1) is 17.6 Å². The third kappa shape index (κ3) is 2.55. The molecule has 0 radical (unpaired) electrons. The van der Waals surface area contributed by atoms with Crippen molar-refractivity contribution in [1.29, 1.82) is 0 Å². The normalized spacial score (nSPS) is 16.4. The molecular weight excluding hydrogens is 300 g/mol. The molecule has 0 aliphatic carbocycles. The lowest BCUT2D eigenvalue weighted by Gasteiger charge is -2.29. The molecule has 0 amide bonds. The molecule has 3 rings (SSSR count). The number of rotatable bonds is 2. The second kappa shape index (κ2) is 5.17. The lowest BCUT2D eigenvalue weighted by atomic mass is 9.94. The second-order valence-electron chi connectivity index (χ2n) is 6.38. The Kier molecular flexibility index (Phi) is 3.57. The topological polar surface area (TPSA) is 68.5 Å². The van der Waals surface area contributed by atoms with Gasteiger partial charge in [-0.2, -0.15) is 5.10 Å². The summed E-state index contributed by atoms with van der Waals surface area (Å²) in [7, 11) is 1.71. The first-order valence-corrected chi connectivity index (χ1v) is 8.02. The van der Waals surface area contributed by atoms with Crippen LogP contribution in [0.4, 0.5) is 5.95 Å². The Bertz CT molecular complexity index is 828. The van der Waals surface area contributed by atoms with E-state index in [1.54, 1.807) is 7.05 Å². The van der Waals surface area contributed by atoms with E-state index in [0.29, 0.717) is 12.6 Å². The van der Waals surface area contributed by atoms with Crippen LogP contribution in [0.25, 0.3) is 10.2 Å². The molecule has 0 unspecified atom stereocenters. The van der Waals surface area contributed by atoms with Gasteiger partial charge < -0.3 is 4.74 Å². The van der Waals surface area contributed by atoms with Crippen LogP contribution in [0.1, 0.15) is 38.1 Å². The molecular formula is C15H20N4O2S. The van der Waals surface area contributed by atoms with E-state index in [1.165, 1.54) is 15.9 Å². The van der Waals surface area contributed by atoms with E-state index in [9.17, 15) is 4.79 Å². The molecule has 0 spiro atoms. The molecule has 1 aliphatic rings. The van der Waals surface area contributed by atoms with Gasteiger partial charge in [0.25, 0.3) is 5.56 Å². The molecule has 0 bridgehead atoms. The Labute approximate surface area is 132 Å². The highest BCUT2D eigenvalue weighted by atomic mass is 32.1. The molecule has 6 nitrogen and oxygen atoms in total. The van der Waals surface area contributed by atoms with Crippen molar-refractivity contribution in [3.63, 3.8) is 0 Å². The standard InChI is InChI=1S/C15H20N4O2S/c1-8(2)17-18-14-16-12-11(13(20)19(14)5)9-6-15(3,4)21-7-10(9)22-12/h6-7H2,1-5H3,(H,16,18). The van der Waals surface area contributed by atoms with E-state index < -0.39 is 0 Å². The van der Waals surface area contributed by atoms with Crippen LogP contribution in [0.5, 0.6) is 0 Å². The van der Waals surface area contributed by atoms with Crippen molar-refractivity contribution in [3.8, 4) is 0 Å². The van der Waals surface area contributed by atoms with Crippen molar-refractivity contribution in [2.75, 3.05) is 5.43 Å². The molecule has 2 aromatic heterocycles. The van der Waals surface area contributed by atoms with Gasteiger partial charge in [0.1, 0.15) is 4.83 Å². The Hall–Kier alpha value is -1.73. The molecule has 0 saturated carbocycles. The maximum Gasteiger partial charge on any atom is 0.263 e. The number of aromatic nitrogens is 2. The number of anilines is 1. The Morgan fingerprint density at radius 3 is 2.86 bits per heavy atom. The molecule has 3 heterocycles. The molecule has 1 aliphatic heterocycles. The molecule has 1 N–H and O–H groups in total. The summed E-state index contributed by atoms with van der Waals surface area (Å²) in [5.41, 5.74) is 4.54. The van der Waals surface area contributed by atoms with Crippen molar-refractivity contribution >= 4 is 33.2 Å². The molecule has 118 valence electrons. The SMILES string of the molecule is CC(C)=NNc1nc2sc3c(c2c(=O)n1C)CC(C)(C)OC3. The summed E-state index contributed by atoms with van der Waals surface area (Å²) in [4.78, 5) is 19.2. The fourth-order valence-corrected chi connectivity index (χ4v) is 3.63. The minimum Gasteiger partial charge on any atom is -0.370 e. The van der Waals surface area contributed by atoms with Crippen LogP contribution in [0.2, 0.25) is 0 Å². The van der Waals surface area contributed by atoms with Gasteiger partial charge >= 0.3 is 0 Å². The van der Waals surface area contributed by atoms with Gasteiger partial charge in [-0.1, -0.05) is 0 Å². The summed E-state index contributed by atoms with van der Waals surface area (Å²) < 4.78 is 7.36. The number of nitrogens with one attached hydrogen (secondary N) is 1. The quantitative estimate of drug-likeness (QED) is 0.682. The van der Waals surface area contributed by atoms with Gasteiger partial charge in [-0.25, -0.2) is 10.4 Å². The van der Waals surface area contributed by atoms with Gasteiger partial charge in [-0.15, -0.1) is 11.3 Å². The monoisotopic (exact) mass is 320 g/mol. The third-order valence-electron chi connectivity index (χ3n) is 3.69. The predicted octanol–water partition coefficient (Wildman–Crippen LogP) is 2.65. The Morgan fingerprint density at radius 2 is 2.18 bits per heavy atom. The maximum absolute atomic E-state index is 12.7. The zero-order valence-electron chi connectivity index (χ0n) is 13.5. The summed E-state index contributed by atoms with van der Waals surface area (Å²) in [5, 5.41) is 4.86. The van der Waals surface area contributed by atoms with Gasteiger partial charge in [0.15, 0.2) is 0 Å².